The van der Waals surface area contributed by atoms with Gasteiger partial charge in [-0.15, -0.1) is 12.6 Å². The molecule has 1 heterocycles. The molecule has 0 bridgehead atoms. The normalized spacial score (nSPS) is 11.5. The molecule has 0 aliphatic rings. The molecule has 6 nitrogen and oxygen atoms in total. The Morgan fingerprint density at radius 2 is 1.87 bits per heavy atom. The van der Waals surface area contributed by atoms with E-state index in [0.717, 1.165) is 41.7 Å². The van der Waals surface area contributed by atoms with Crippen molar-refractivity contribution >= 4 is 58.5 Å². The van der Waals surface area contributed by atoms with Crippen LogP contribution in [0.3, 0.4) is 0 Å². The summed E-state index contributed by atoms with van der Waals surface area (Å²) in [5.74, 6) is 0.760. The smallest absolute Gasteiger partial charge is 0.244 e. The molecule has 9 heteroatoms. The predicted molar refractivity (Wildman–Crippen MR) is 127 cm³/mol. The summed E-state index contributed by atoms with van der Waals surface area (Å²) in [5, 5.41) is 8.88. The molecule has 2 aromatic carbocycles. The molecule has 0 aliphatic carbocycles. The third-order valence-corrected chi connectivity index (χ3v) is 5.09. The number of unbranched alkanes of at least 4 members (excludes halogenated alkanes) is 1. The fraction of sp³-hybridized carbons (Fsp3) is 0.190. The van der Waals surface area contributed by atoms with Crippen molar-refractivity contribution in [2.45, 2.75) is 12.8 Å². The van der Waals surface area contributed by atoms with Gasteiger partial charge in [0.05, 0.1) is 15.6 Å². The van der Waals surface area contributed by atoms with Gasteiger partial charge >= 0.3 is 0 Å². The summed E-state index contributed by atoms with van der Waals surface area (Å²) in [7, 11) is 0. The van der Waals surface area contributed by atoms with Gasteiger partial charge in [0, 0.05) is 35.1 Å². The second kappa shape index (κ2) is 10.5. The van der Waals surface area contributed by atoms with E-state index in [4.69, 9.17) is 33.9 Å². The van der Waals surface area contributed by atoms with Gasteiger partial charge in [0.2, 0.25) is 5.91 Å². The number of carbonyl (C=O) groups is 1. The summed E-state index contributed by atoms with van der Waals surface area (Å²) in [6.45, 7) is 1.40. The number of nitrogens with two attached hydrogens (primary N) is 1. The Kier molecular flexibility index (Phi) is 7.79. The van der Waals surface area contributed by atoms with Gasteiger partial charge < -0.3 is 16.4 Å². The summed E-state index contributed by atoms with van der Waals surface area (Å²) in [6.07, 6.45) is 3.01. The standard InChI is InChI=1S/C21H21Cl2N5OS/c22-13-7-8-14(16(23)11-13)21-27-17-6-2-1-5-15(17)20(28-21)26-10-4-3-9-25-19(30)12-18(24)29/h1-2,5-8,11-12,25,30H,3-4,9-10H2,(H2,24,29)(H,26,27,28)/b19-12-. The van der Waals surface area contributed by atoms with Crippen molar-refractivity contribution in [2.75, 3.05) is 18.4 Å². The first kappa shape index (κ1) is 22.2. The quantitative estimate of drug-likeness (QED) is 0.211. The number of hydrogen-bond donors (Lipinski definition) is 4. The molecule has 1 amide bonds. The first-order valence-corrected chi connectivity index (χ1v) is 10.5. The lowest BCUT2D eigenvalue weighted by Crippen LogP contribution is -2.16. The van der Waals surface area contributed by atoms with E-state index < -0.39 is 5.91 Å². The van der Waals surface area contributed by atoms with Crippen molar-refractivity contribution in [3.63, 3.8) is 0 Å². The molecule has 4 N–H and O–H groups in total. The number of hydrogen-bond acceptors (Lipinski definition) is 6. The molecule has 1 aromatic heterocycles. The van der Waals surface area contributed by atoms with Crippen molar-refractivity contribution in [2.24, 2.45) is 5.73 Å². The number of rotatable bonds is 9. The number of anilines is 1. The van der Waals surface area contributed by atoms with Crippen LogP contribution >= 0.6 is 35.8 Å². The highest BCUT2D eigenvalue weighted by molar-refractivity contribution is 7.84. The van der Waals surface area contributed by atoms with Crippen LogP contribution in [0.15, 0.2) is 53.6 Å². The first-order valence-electron chi connectivity index (χ1n) is 9.34. The number of halogens is 2. The summed E-state index contributed by atoms with van der Waals surface area (Å²) in [4.78, 5) is 20.2. The van der Waals surface area contributed by atoms with Gasteiger partial charge in [0.25, 0.3) is 0 Å². The molecule has 3 rings (SSSR count). The molecule has 0 aliphatic heterocycles. The van der Waals surface area contributed by atoms with E-state index >= 15 is 0 Å². The average Bonchev–Trinajstić information content (AvgIpc) is 2.69. The van der Waals surface area contributed by atoms with Gasteiger partial charge in [-0.25, -0.2) is 9.97 Å². The first-order chi connectivity index (χ1) is 14.4. The molecule has 156 valence electrons. The van der Waals surface area contributed by atoms with E-state index in [1.807, 2.05) is 30.3 Å². The highest BCUT2D eigenvalue weighted by atomic mass is 35.5. The Hall–Kier alpha value is -2.48. The van der Waals surface area contributed by atoms with E-state index in [9.17, 15) is 4.79 Å². The van der Waals surface area contributed by atoms with Gasteiger partial charge in [0.1, 0.15) is 5.82 Å². The topological polar surface area (TPSA) is 92.9 Å². The molecule has 0 fully saturated rings. The number of aromatic nitrogens is 2. The fourth-order valence-corrected chi connectivity index (χ4v) is 3.59. The zero-order chi connectivity index (χ0) is 21.5. The maximum atomic E-state index is 10.8. The summed E-state index contributed by atoms with van der Waals surface area (Å²) in [6, 6.07) is 13.1. The second-order valence-corrected chi connectivity index (χ2v) is 7.86. The van der Waals surface area contributed by atoms with Crippen LogP contribution in [0.4, 0.5) is 5.82 Å². The maximum Gasteiger partial charge on any atom is 0.244 e. The highest BCUT2D eigenvalue weighted by Crippen LogP contribution is 2.31. The van der Waals surface area contributed by atoms with Crippen LogP contribution in [0, 0.1) is 0 Å². The highest BCUT2D eigenvalue weighted by Gasteiger charge is 2.12. The molecule has 0 unspecified atom stereocenters. The van der Waals surface area contributed by atoms with E-state index in [1.54, 1.807) is 12.1 Å². The lowest BCUT2D eigenvalue weighted by atomic mass is 10.1. The zero-order valence-corrected chi connectivity index (χ0v) is 18.4. The molecule has 3 aromatic rings. The van der Waals surface area contributed by atoms with E-state index in [0.29, 0.717) is 27.4 Å². The van der Waals surface area contributed by atoms with Gasteiger partial charge in [-0.2, -0.15) is 0 Å². The molecule has 0 saturated carbocycles. The minimum atomic E-state index is -0.526. The molecular formula is C21H21Cl2N5OS. The SMILES string of the molecule is NC(=O)/C=C(\S)NCCCCNc1nc(-c2ccc(Cl)cc2Cl)nc2ccccc12. The van der Waals surface area contributed by atoms with Crippen LogP contribution in [-0.2, 0) is 4.79 Å². The second-order valence-electron chi connectivity index (χ2n) is 6.53. The van der Waals surface area contributed by atoms with Crippen LogP contribution in [-0.4, -0.2) is 29.0 Å². The number of para-hydroxylation sites is 1. The van der Waals surface area contributed by atoms with Gasteiger partial charge in [-0.1, -0.05) is 35.3 Å². The van der Waals surface area contributed by atoms with Crippen LogP contribution in [0.5, 0.6) is 0 Å². The number of carbonyl (C=O) groups excluding carboxylic acids is 1. The number of nitrogens with zero attached hydrogens (tertiary/aromatic N) is 2. The van der Waals surface area contributed by atoms with E-state index in [1.165, 1.54) is 6.08 Å². The molecule has 0 atom stereocenters. The third-order valence-electron chi connectivity index (χ3n) is 4.26. The fourth-order valence-electron chi connectivity index (χ4n) is 2.86. The number of fused-ring (bicyclic) bond motifs is 1. The molecule has 30 heavy (non-hydrogen) atoms. The van der Waals surface area contributed by atoms with Crippen LogP contribution < -0.4 is 16.4 Å². The Balaban J connectivity index is 1.70. The Morgan fingerprint density at radius 3 is 2.63 bits per heavy atom. The van der Waals surface area contributed by atoms with Crippen LogP contribution in [0.2, 0.25) is 10.0 Å². The Morgan fingerprint density at radius 1 is 1.10 bits per heavy atom. The molecule has 0 saturated heterocycles. The van der Waals surface area contributed by atoms with Crippen molar-refractivity contribution < 1.29 is 4.79 Å². The summed E-state index contributed by atoms with van der Waals surface area (Å²) in [5.41, 5.74) is 6.64. The van der Waals surface area contributed by atoms with E-state index in [-0.39, 0.29) is 0 Å². The monoisotopic (exact) mass is 461 g/mol. The lowest BCUT2D eigenvalue weighted by molar-refractivity contribution is -0.113. The lowest BCUT2D eigenvalue weighted by Gasteiger charge is -2.12. The largest absolute Gasteiger partial charge is 0.380 e. The zero-order valence-electron chi connectivity index (χ0n) is 16.0. The minimum Gasteiger partial charge on any atom is -0.380 e. The summed E-state index contributed by atoms with van der Waals surface area (Å²) >= 11 is 16.5. The number of nitrogens with one attached hydrogen (secondary N) is 2. The minimum absolute atomic E-state index is 0.460. The number of primary amides is 1. The predicted octanol–water partition coefficient (Wildman–Crippen LogP) is 4.64. The van der Waals surface area contributed by atoms with Gasteiger partial charge in [-0.05, 0) is 43.2 Å². The molecule has 0 radical (unpaired) electrons. The third kappa shape index (κ3) is 6.01. The van der Waals surface area contributed by atoms with Crippen LogP contribution in [0.25, 0.3) is 22.3 Å². The summed E-state index contributed by atoms with van der Waals surface area (Å²) < 4.78 is 0. The van der Waals surface area contributed by atoms with Gasteiger partial charge in [0.15, 0.2) is 5.82 Å². The van der Waals surface area contributed by atoms with Gasteiger partial charge in [-0.3, -0.25) is 4.79 Å². The van der Waals surface area contributed by atoms with Crippen LogP contribution in [0.1, 0.15) is 12.8 Å². The van der Waals surface area contributed by atoms with Crippen molar-refractivity contribution in [3.8, 4) is 11.4 Å². The van der Waals surface area contributed by atoms with Crippen molar-refractivity contribution in [3.05, 3.63) is 63.6 Å². The van der Waals surface area contributed by atoms with Crippen molar-refractivity contribution in [1.29, 1.82) is 0 Å². The Labute approximate surface area is 190 Å². The van der Waals surface area contributed by atoms with Crippen molar-refractivity contribution in [1.82, 2.24) is 15.3 Å². The number of benzene rings is 2. The maximum absolute atomic E-state index is 10.8. The average molecular weight is 462 g/mol. The van der Waals surface area contributed by atoms with E-state index in [2.05, 4.69) is 28.2 Å². The number of amides is 1. The number of thiol groups is 1. The molecular weight excluding hydrogens is 441 g/mol. The molecule has 0 spiro atoms. The Bertz CT molecular complexity index is 1090.